The molecule has 6 nitrogen and oxygen atoms in total. The van der Waals surface area contributed by atoms with Crippen molar-refractivity contribution in [2.24, 2.45) is 0 Å². The summed E-state index contributed by atoms with van der Waals surface area (Å²) >= 11 is 0. The summed E-state index contributed by atoms with van der Waals surface area (Å²) in [7, 11) is 1.42. The van der Waals surface area contributed by atoms with Crippen molar-refractivity contribution in [1.29, 1.82) is 0 Å². The van der Waals surface area contributed by atoms with Gasteiger partial charge in [0.05, 0.1) is 43.8 Å². The summed E-state index contributed by atoms with van der Waals surface area (Å²) in [6.07, 6.45) is 1.59. The van der Waals surface area contributed by atoms with E-state index in [-0.39, 0.29) is 11.7 Å². The maximum atomic E-state index is 11.3. The van der Waals surface area contributed by atoms with Crippen LogP contribution in [0.15, 0.2) is 12.7 Å². The van der Waals surface area contributed by atoms with Gasteiger partial charge >= 0.3 is 0 Å². The van der Waals surface area contributed by atoms with Gasteiger partial charge in [0.2, 0.25) is 5.91 Å². The van der Waals surface area contributed by atoms with Gasteiger partial charge < -0.3 is 13.9 Å². The van der Waals surface area contributed by atoms with Crippen LogP contribution in [0.3, 0.4) is 0 Å². The molecule has 0 bridgehead atoms. The number of hydrogen-bond donors (Lipinski definition) is 0. The van der Waals surface area contributed by atoms with E-state index in [0.29, 0.717) is 30.5 Å². The van der Waals surface area contributed by atoms with E-state index in [1.165, 1.54) is 6.08 Å². The van der Waals surface area contributed by atoms with Crippen molar-refractivity contribution < 1.29 is 22.2 Å². The van der Waals surface area contributed by atoms with Crippen LogP contribution in [0, 0.1) is 0 Å². The number of hydrogen-bond acceptors (Lipinski definition) is 4. The maximum Gasteiger partial charge on any atom is 0.245 e. The summed E-state index contributed by atoms with van der Waals surface area (Å²) in [6, 6.07) is 0. The largest absolute Gasteiger partial charge is 0.748 e. The van der Waals surface area contributed by atoms with E-state index in [1.54, 1.807) is 11.9 Å². The van der Waals surface area contributed by atoms with Gasteiger partial charge in [0.1, 0.15) is 0 Å². The quantitative estimate of drug-likeness (QED) is 0.345. The Bertz CT molecular complexity index is 390. The van der Waals surface area contributed by atoms with Gasteiger partial charge in [-0.05, 0) is 6.08 Å². The number of carbonyl (C=O) groups is 1. The molecule has 0 aliphatic carbocycles. The van der Waals surface area contributed by atoms with Crippen LogP contribution in [-0.2, 0) is 14.9 Å². The van der Waals surface area contributed by atoms with E-state index in [2.05, 4.69) is 6.58 Å². The molecule has 0 unspecified atom stereocenters. The summed E-state index contributed by atoms with van der Waals surface area (Å²) in [6.45, 7) is 5.23. The first-order valence-corrected chi connectivity index (χ1v) is 7.28. The van der Waals surface area contributed by atoms with Gasteiger partial charge in [-0.1, -0.05) is 6.58 Å². The number of likely N-dealkylation sites (N-methyl/N-ethyl adjacent to an activating group) is 2. The maximum absolute atomic E-state index is 11.3. The normalized spacial score (nSPS) is 12.2. The molecule has 0 aromatic heterocycles. The third-order valence-electron chi connectivity index (χ3n) is 2.75. The Morgan fingerprint density at radius 1 is 1.39 bits per heavy atom. The molecule has 18 heavy (non-hydrogen) atoms. The van der Waals surface area contributed by atoms with Crippen molar-refractivity contribution in [2.75, 3.05) is 46.5 Å². The first-order chi connectivity index (χ1) is 8.07. The van der Waals surface area contributed by atoms with E-state index < -0.39 is 10.1 Å². The van der Waals surface area contributed by atoms with Gasteiger partial charge in [-0.2, -0.15) is 0 Å². The van der Waals surface area contributed by atoms with Crippen molar-refractivity contribution in [3.63, 3.8) is 0 Å². The average molecular weight is 278 g/mol. The van der Waals surface area contributed by atoms with Crippen LogP contribution >= 0.6 is 0 Å². The van der Waals surface area contributed by atoms with Crippen molar-refractivity contribution in [2.45, 2.75) is 6.42 Å². The number of quaternary nitrogens is 1. The number of rotatable bonds is 8. The highest BCUT2D eigenvalue weighted by molar-refractivity contribution is 7.85. The molecule has 0 saturated carbocycles. The molecule has 0 saturated heterocycles. The van der Waals surface area contributed by atoms with Gasteiger partial charge in [-0.15, -0.1) is 0 Å². The first kappa shape index (κ1) is 17.1. The van der Waals surface area contributed by atoms with Crippen LogP contribution < -0.4 is 0 Å². The Morgan fingerprint density at radius 3 is 2.39 bits per heavy atom. The fourth-order valence-corrected chi connectivity index (χ4v) is 1.95. The smallest absolute Gasteiger partial charge is 0.245 e. The first-order valence-electron chi connectivity index (χ1n) is 5.70. The van der Waals surface area contributed by atoms with Crippen LogP contribution in [0.1, 0.15) is 6.42 Å². The molecule has 0 rings (SSSR count). The second-order valence-electron chi connectivity index (χ2n) is 4.96. The standard InChI is InChI=1S/C11H22N2O4S/c1-5-11(14)12(2)7-9-13(3,4)8-6-10-18(15,16)17/h5H,1,6-10H2,2-4H3. The molecule has 0 aromatic carbocycles. The van der Waals surface area contributed by atoms with E-state index in [0.717, 1.165) is 0 Å². The zero-order valence-electron chi connectivity index (χ0n) is 11.3. The van der Waals surface area contributed by atoms with Crippen LogP contribution in [0.2, 0.25) is 0 Å². The molecule has 0 spiro atoms. The van der Waals surface area contributed by atoms with Gasteiger partial charge in [0.15, 0.2) is 0 Å². The Morgan fingerprint density at radius 2 is 1.94 bits per heavy atom. The Balaban J connectivity index is 4.08. The lowest BCUT2D eigenvalue weighted by Crippen LogP contribution is -2.46. The third-order valence-corrected chi connectivity index (χ3v) is 3.54. The van der Waals surface area contributed by atoms with Crippen molar-refractivity contribution in [3.8, 4) is 0 Å². The molecule has 1 amide bonds. The van der Waals surface area contributed by atoms with Gasteiger partial charge in [0.25, 0.3) is 0 Å². The average Bonchev–Trinajstić information content (AvgIpc) is 2.22. The monoisotopic (exact) mass is 278 g/mol. The lowest BCUT2D eigenvalue weighted by atomic mass is 10.3. The van der Waals surface area contributed by atoms with Crippen molar-refractivity contribution in [3.05, 3.63) is 12.7 Å². The van der Waals surface area contributed by atoms with Gasteiger partial charge in [-0.3, -0.25) is 4.79 Å². The zero-order valence-corrected chi connectivity index (χ0v) is 12.1. The van der Waals surface area contributed by atoms with Crippen LogP contribution in [-0.4, -0.2) is 74.8 Å². The molecular weight excluding hydrogens is 256 g/mol. The van der Waals surface area contributed by atoms with Gasteiger partial charge in [0, 0.05) is 19.2 Å². The molecule has 0 heterocycles. The van der Waals surface area contributed by atoms with E-state index in [1.807, 2.05) is 14.1 Å². The summed E-state index contributed by atoms with van der Waals surface area (Å²) in [5.74, 6) is -0.479. The van der Waals surface area contributed by atoms with Crippen molar-refractivity contribution >= 4 is 16.0 Å². The van der Waals surface area contributed by atoms with Crippen molar-refractivity contribution in [1.82, 2.24) is 4.90 Å². The lowest BCUT2D eigenvalue weighted by molar-refractivity contribution is -0.889. The van der Waals surface area contributed by atoms with E-state index >= 15 is 0 Å². The zero-order chi connectivity index (χ0) is 14.4. The molecule has 0 atom stereocenters. The lowest BCUT2D eigenvalue weighted by Gasteiger charge is -2.31. The second kappa shape index (κ2) is 6.86. The van der Waals surface area contributed by atoms with Crippen LogP contribution in [0.4, 0.5) is 0 Å². The number of carbonyl (C=O) groups excluding carboxylic acids is 1. The molecule has 0 fully saturated rings. The molecule has 0 aliphatic rings. The fraction of sp³-hybridized carbons (Fsp3) is 0.727. The second-order valence-corrected chi connectivity index (χ2v) is 6.49. The fourth-order valence-electron chi connectivity index (χ4n) is 1.47. The minimum absolute atomic E-state index is 0.142. The third kappa shape index (κ3) is 8.21. The van der Waals surface area contributed by atoms with Gasteiger partial charge in [-0.25, -0.2) is 8.42 Å². The summed E-state index contributed by atoms with van der Waals surface area (Å²) < 4.78 is 32.0. The minimum Gasteiger partial charge on any atom is -0.748 e. The Kier molecular flexibility index (Phi) is 6.51. The highest BCUT2D eigenvalue weighted by Gasteiger charge is 2.17. The summed E-state index contributed by atoms with van der Waals surface area (Å²) in [5, 5.41) is 0. The highest BCUT2D eigenvalue weighted by Crippen LogP contribution is 2.02. The minimum atomic E-state index is -4.13. The van der Waals surface area contributed by atoms with E-state index in [4.69, 9.17) is 0 Å². The predicted octanol–water partition coefficient (Wildman–Crippen LogP) is -0.357. The number of amides is 1. The molecule has 106 valence electrons. The predicted molar refractivity (Wildman–Crippen MR) is 68.9 cm³/mol. The summed E-state index contributed by atoms with van der Waals surface area (Å²) in [5.41, 5.74) is 0. The molecular formula is C11H22N2O4S. The molecule has 7 heteroatoms. The molecule has 0 aliphatic heterocycles. The molecule has 0 aromatic rings. The molecule has 0 radical (unpaired) electrons. The summed E-state index contributed by atoms with van der Waals surface area (Å²) in [4.78, 5) is 12.8. The SMILES string of the molecule is C=CC(=O)N(C)CC[N+](C)(C)CCCS(=O)(=O)[O-]. The van der Waals surface area contributed by atoms with Crippen LogP contribution in [0.25, 0.3) is 0 Å². The number of nitrogens with zero attached hydrogens (tertiary/aromatic N) is 2. The highest BCUT2D eigenvalue weighted by atomic mass is 32.2. The Hall–Kier alpha value is -0.920. The van der Waals surface area contributed by atoms with Crippen LogP contribution in [0.5, 0.6) is 0 Å². The van der Waals surface area contributed by atoms with E-state index in [9.17, 15) is 17.8 Å². The Labute approximate surface area is 109 Å². The topological polar surface area (TPSA) is 77.5 Å². The molecule has 0 N–H and O–H groups in total.